The zero-order valence-corrected chi connectivity index (χ0v) is 15.8. The van der Waals surface area contributed by atoms with Crippen LogP contribution in [0.4, 0.5) is 4.79 Å². The molecular formula is C17H24N2O5S. The summed E-state index contributed by atoms with van der Waals surface area (Å²) >= 11 is 0. The minimum atomic E-state index is -3.42. The number of hydrogen-bond acceptors (Lipinski definition) is 6. The summed E-state index contributed by atoms with van der Waals surface area (Å²) in [6, 6.07) is 3.68. The SMILES string of the molecule is CC(C)(C)OC(=O)n1c(CCCCOS(C)(=O)=O)cc2cnccc21. The molecule has 8 heteroatoms. The van der Waals surface area contributed by atoms with Crippen LogP contribution in [0.3, 0.4) is 0 Å². The van der Waals surface area contributed by atoms with E-state index in [9.17, 15) is 13.2 Å². The number of ether oxygens (including phenoxy) is 1. The van der Waals surface area contributed by atoms with Crippen molar-refractivity contribution < 1.29 is 22.1 Å². The second kappa shape index (κ2) is 7.53. The first kappa shape index (κ1) is 19.4. The molecule has 0 atom stereocenters. The van der Waals surface area contributed by atoms with Crippen LogP contribution >= 0.6 is 0 Å². The molecule has 0 bridgehead atoms. The van der Waals surface area contributed by atoms with Crippen molar-refractivity contribution in [2.24, 2.45) is 0 Å². The van der Waals surface area contributed by atoms with Crippen molar-refractivity contribution in [1.82, 2.24) is 9.55 Å². The molecule has 2 aromatic heterocycles. The first-order valence-electron chi connectivity index (χ1n) is 8.09. The molecule has 138 valence electrons. The lowest BCUT2D eigenvalue weighted by Gasteiger charge is -2.21. The monoisotopic (exact) mass is 368 g/mol. The van der Waals surface area contributed by atoms with Crippen LogP contribution in [0.15, 0.2) is 24.5 Å². The maximum Gasteiger partial charge on any atom is 0.419 e. The lowest BCUT2D eigenvalue weighted by Crippen LogP contribution is -2.28. The fourth-order valence-corrected chi connectivity index (χ4v) is 2.86. The van der Waals surface area contributed by atoms with Gasteiger partial charge in [0.15, 0.2) is 0 Å². The van der Waals surface area contributed by atoms with Crippen LogP contribution in [-0.2, 0) is 25.5 Å². The van der Waals surface area contributed by atoms with Crippen LogP contribution in [-0.4, -0.2) is 42.5 Å². The zero-order valence-electron chi connectivity index (χ0n) is 15.0. The van der Waals surface area contributed by atoms with Gasteiger partial charge in [-0.25, -0.2) is 9.36 Å². The number of hydrogen-bond donors (Lipinski definition) is 0. The number of nitrogens with zero attached hydrogens (tertiary/aromatic N) is 2. The van der Waals surface area contributed by atoms with E-state index in [1.807, 2.05) is 26.8 Å². The number of carbonyl (C=O) groups excluding carboxylic acids is 1. The number of pyridine rings is 1. The van der Waals surface area contributed by atoms with E-state index in [0.29, 0.717) is 19.3 Å². The van der Waals surface area contributed by atoms with Crippen molar-refractivity contribution in [2.75, 3.05) is 12.9 Å². The molecule has 0 aromatic carbocycles. The second-order valence-corrected chi connectivity index (χ2v) is 8.51. The summed E-state index contributed by atoms with van der Waals surface area (Å²) in [5, 5.41) is 0.857. The maximum atomic E-state index is 12.6. The molecular weight excluding hydrogens is 344 g/mol. The summed E-state index contributed by atoms with van der Waals surface area (Å²) in [5.74, 6) is 0. The number of fused-ring (bicyclic) bond motifs is 1. The van der Waals surface area contributed by atoms with Gasteiger partial charge in [0.25, 0.3) is 10.1 Å². The first-order chi connectivity index (χ1) is 11.6. The summed E-state index contributed by atoms with van der Waals surface area (Å²) < 4.78 is 33.7. The van der Waals surface area contributed by atoms with E-state index in [-0.39, 0.29) is 6.61 Å². The van der Waals surface area contributed by atoms with E-state index < -0.39 is 21.8 Å². The van der Waals surface area contributed by atoms with Crippen LogP contribution < -0.4 is 0 Å². The fourth-order valence-electron chi connectivity index (χ4n) is 2.44. The van der Waals surface area contributed by atoms with Crippen LogP contribution in [0.25, 0.3) is 10.9 Å². The average Bonchev–Trinajstić information content (AvgIpc) is 2.82. The Morgan fingerprint density at radius 3 is 2.64 bits per heavy atom. The van der Waals surface area contributed by atoms with Gasteiger partial charge in [-0.1, -0.05) is 0 Å². The molecule has 0 aliphatic heterocycles. The second-order valence-electron chi connectivity index (χ2n) is 6.87. The normalized spacial score (nSPS) is 12.5. The molecule has 7 nitrogen and oxygen atoms in total. The van der Waals surface area contributed by atoms with Gasteiger partial charge >= 0.3 is 6.09 Å². The summed E-state index contributed by atoms with van der Waals surface area (Å²) in [5.41, 5.74) is 0.949. The van der Waals surface area contributed by atoms with Crippen LogP contribution in [0.2, 0.25) is 0 Å². The highest BCUT2D eigenvalue weighted by molar-refractivity contribution is 7.85. The molecule has 0 N–H and O–H groups in total. The van der Waals surface area contributed by atoms with Gasteiger partial charge in [-0.3, -0.25) is 9.17 Å². The Balaban J connectivity index is 2.15. The van der Waals surface area contributed by atoms with Gasteiger partial charge in [0.05, 0.1) is 18.4 Å². The molecule has 0 fully saturated rings. The Bertz CT molecular complexity index is 850. The van der Waals surface area contributed by atoms with E-state index in [1.165, 1.54) is 0 Å². The average molecular weight is 368 g/mol. The van der Waals surface area contributed by atoms with Crippen LogP contribution in [0.5, 0.6) is 0 Å². The molecule has 0 amide bonds. The zero-order chi connectivity index (χ0) is 18.7. The van der Waals surface area contributed by atoms with Crippen molar-refractivity contribution in [3.05, 3.63) is 30.2 Å². The lowest BCUT2D eigenvalue weighted by molar-refractivity contribution is 0.0540. The van der Waals surface area contributed by atoms with E-state index in [1.54, 1.807) is 23.0 Å². The predicted molar refractivity (Wildman–Crippen MR) is 95.1 cm³/mol. The standard InChI is InChI=1S/C17H24N2O5S/c1-17(2,3)24-16(20)19-14(7-5-6-10-23-25(4,21)22)11-13-12-18-9-8-15(13)19/h8-9,11-12H,5-7,10H2,1-4H3. The van der Waals surface area contributed by atoms with Gasteiger partial charge in [-0.15, -0.1) is 0 Å². The largest absolute Gasteiger partial charge is 0.443 e. The maximum absolute atomic E-state index is 12.6. The predicted octanol–water partition coefficient (Wildman–Crippen LogP) is 3.12. The molecule has 0 unspecified atom stereocenters. The van der Waals surface area contributed by atoms with Crippen molar-refractivity contribution in [3.63, 3.8) is 0 Å². The minimum Gasteiger partial charge on any atom is -0.443 e. The van der Waals surface area contributed by atoms with Gasteiger partial charge in [0.2, 0.25) is 0 Å². The number of unbranched alkanes of at least 4 members (excludes halogenated alkanes) is 1. The van der Waals surface area contributed by atoms with Gasteiger partial charge in [-0.05, 0) is 52.2 Å². The number of aryl methyl sites for hydroxylation is 1. The summed E-state index contributed by atoms with van der Waals surface area (Å²) in [4.78, 5) is 16.7. The molecule has 25 heavy (non-hydrogen) atoms. The van der Waals surface area contributed by atoms with Gasteiger partial charge in [-0.2, -0.15) is 8.42 Å². The number of rotatable bonds is 6. The van der Waals surface area contributed by atoms with E-state index >= 15 is 0 Å². The Kier molecular flexibility index (Phi) is 5.84. The highest BCUT2D eigenvalue weighted by Crippen LogP contribution is 2.22. The molecule has 0 aliphatic rings. The minimum absolute atomic E-state index is 0.132. The first-order valence-corrected chi connectivity index (χ1v) is 9.90. The molecule has 2 rings (SSSR count). The van der Waals surface area contributed by atoms with Crippen LogP contribution in [0, 0.1) is 0 Å². The Labute approximate surface area is 148 Å². The molecule has 0 spiro atoms. The summed E-state index contributed by atoms with van der Waals surface area (Å²) in [6.07, 6.45) is 5.78. The van der Waals surface area contributed by atoms with E-state index in [2.05, 4.69) is 4.98 Å². The Hall–Kier alpha value is -1.93. The van der Waals surface area contributed by atoms with Gasteiger partial charge in [0, 0.05) is 23.5 Å². The quantitative estimate of drug-likeness (QED) is 0.575. The molecule has 2 heterocycles. The number of aromatic nitrogens is 2. The third kappa shape index (κ3) is 5.82. The van der Waals surface area contributed by atoms with Crippen LogP contribution in [0.1, 0.15) is 39.3 Å². The van der Waals surface area contributed by atoms with E-state index in [0.717, 1.165) is 22.9 Å². The van der Waals surface area contributed by atoms with Gasteiger partial charge in [0.1, 0.15) is 5.60 Å². The highest BCUT2D eigenvalue weighted by atomic mass is 32.2. The molecule has 2 aromatic rings. The summed E-state index contributed by atoms with van der Waals surface area (Å²) in [7, 11) is -3.42. The fraction of sp³-hybridized carbons (Fsp3) is 0.529. The molecule has 0 saturated carbocycles. The lowest BCUT2D eigenvalue weighted by atomic mass is 10.2. The van der Waals surface area contributed by atoms with E-state index in [4.69, 9.17) is 8.92 Å². The van der Waals surface area contributed by atoms with Crippen molar-refractivity contribution in [1.29, 1.82) is 0 Å². The van der Waals surface area contributed by atoms with Crippen molar-refractivity contribution in [3.8, 4) is 0 Å². The Morgan fingerprint density at radius 2 is 2.00 bits per heavy atom. The smallest absolute Gasteiger partial charge is 0.419 e. The topological polar surface area (TPSA) is 87.5 Å². The van der Waals surface area contributed by atoms with Crippen molar-refractivity contribution in [2.45, 2.75) is 45.6 Å². The highest BCUT2D eigenvalue weighted by Gasteiger charge is 2.22. The molecule has 0 radical (unpaired) electrons. The molecule has 0 saturated heterocycles. The molecule has 0 aliphatic carbocycles. The Morgan fingerprint density at radius 1 is 1.28 bits per heavy atom. The third-order valence-electron chi connectivity index (χ3n) is 3.38. The van der Waals surface area contributed by atoms with Gasteiger partial charge < -0.3 is 4.74 Å². The third-order valence-corrected chi connectivity index (χ3v) is 3.97. The number of carbonyl (C=O) groups is 1. The van der Waals surface area contributed by atoms with Crippen molar-refractivity contribution >= 4 is 27.1 Å². The summed E-state index contributed by atoms with van der Waals surface area (Å²) in [6.45, 7) is 5.59.